The number of nitrogens with one attached hydrogen (secondary N) is 1. The lowest BCUT2D eigenvalue weighted by molar-refractivity contribution is -0.121. The van der Waals surface area contributed by atoms with Gasteiger partial charge >= 0.3 is 0 Å². The molecule has 1 fully saturated rings. The van der Waals surface area contributed by atoms with E-state index in [0.29, 0.717) is 31.7 Å². The van der Waals surface area contributed by atoms with Crippen LogP contribution in [0, 0.1) is 11.6 Å². The van der Waals surface area contributed by atoms with Crippen molar-refractivity contribution in [3.8, 4) is 5.75 Å². The molecule has 1 N–H and O–H groups in total. The number of hydrogen-bond acceptors (Lipinski definition) is 4. The summed E-state index contributed by atoms with van der Waals surface area (Å²) in [6.45, 7) is 3.37. The quantitative estimate of drug-likeness (QED) is 0.735. The highest BCUT2D eigenvalue weighted by Crippen LogP contribution is 2.23. The number of nitrogens with zero attached hydrogens (tertiary/aromatic N) is 1. The van der Waals surface area contributed by atoms with Crippen molar-refractivity contribution in [2.24, 2.45) is 0 Å². The summed E-state index contributed by atoms with van der Waals surface area (Å²) in [5.74, 6) is -1.12. The number of benzene rings is 2. The van der Waals surface area contributed by atoms with Gasteiger partial charge in [0.15, 0.2) is 11.6 Å². The highest BCUT2D eigenvalue weighted by molar-refractivity contribution is 5.76. The number of rotatable bonds is 8. The van der Waals surface area contributed by atoms with Crippen molar-refractivity contribution in [1.29, 1.82) is 0 Å². The fraction of sp³-hybridized carbons (Fsp3) is 0.409. The number of hydrogen-bond donors (Lipinski definition) is 1. The smallest absolute Gasteiger partial charge is 0.220 e. The molecular weight excluding hydrogens is 378 g/mol. The average Bonchev–Trinajstić information content (AvgIpc) is 2.76. The van der Waals surface area contributed by atoms with E-state index in [1.165, 1.54) is 6.07 Å². The number of halogens is 2. The largest absolute Gasteiger partial charge is 0.497 e. The van der Waals surface area contributed by atoms with E-state index in [9.17, 15) is 13.6 Å². The van der Waals surface area contributed by atoms with Crippen molar-refractivity contribution in [3.05, 3.63) is 65.2 Å². The molecule has 2 aromatic rings. The highest BCUT2D eigenvalue weighted by atomic mass is 19.2. The van der Waals surface area contributed by atoms with Crippen LogP contribution < -0.4 is 10.1 Å². The van der Waals surface area contributed by atoms with Gasteiger partial charge in [0, 0.05) is 26.1 Å². The molecule has 1 unspecified atom stereocenters. The Morgan fingerprint density at radius 2 is 1.86 bits per heavy atom. The lowest BCUT2D eigenvalue weighted by atomic mass is 10.0. The Morgan fingerprint density at radius 3 is 2.52 bits per heavy atom. The summed E-state index contributed by atoms with van der Waals surface area (Å²) < 4.78 is 37.0. The first kappa shape index (κ1) is 21.2. The second kappa shape index (κ2) is 10.3. The van der Waals surface area contributed by atoms with Gasteiger partial charge in [-0.25, -0.2) is 8.78 Å². The zero-order valence-corrected chi connectivity index (χ0v) is 16.5. The van der Waals surface area contributed by atoms with Crippen LogP contribution in [0.2, 0.25) is 0 Å². The maximum Gasteiger partial charge on any atom is 0.220 e. The second-order valence-corrected chi connectivity index (χ2v) is 6.99. The predicted octanol–water partition coefficient (Wildman–Crippen LogP) is 3.10. The van der Waals surface area contributed by atoms with Crippen LogP contribution in [0.4, 0.5) is 8.78 Å². The van der Waals surface area contributed by atoms with E-state index in [1.807, 2.05) is 24.3 Å². The van der Waals surface area contributed by atoms with Crippen molar-refractivity contribution in [2.45, 2.75) is 18.9 Å². The third kappa shape index (κ3) is 5.98. The van der Waals surface area contributed by atoms with Gasteiger partial charge in [0.1, 0.15) is 5.75 Å². The molecule has 3 rings (SSSR count). The van der Waals surface area contributed by atoms with Crippen LogP contribution in [0.3, 0.4) is 0 Å². The van der Waals surface area contributed by atoms with Gasteiger partial charge in [0.2, 0.25) is 5.91 Å². The van der Waals surface area contributed by atoms with Crippen LogP contribution in [-0.2, 0) is 16.0 Å². The predicted molar refractivity (Wildman–Crippen MR) is 106 cm³/mol. The maximum absolute atomic E-state index is 13.3. The average molecular weight is 404 g/mol. The monoisotopic (exact) mass is 404 g/mol. The minimum Gasteiger partial charge on any atom is -0.497 e. The molecule has 0 aliphatic carbocycles. The number of amides is 1. The van der Waals surface area contributed by atoms with Gasteiger partial charge in [-0.05, 0) is 41.8 Å². The minimum absolute atomic E-state index is 0.0250. The Balaban J connectivity index is 1.59. The molecule has 156 valence electrons. The number of methoxy groups -OCH3 is 1. The van der Waals surface area contributed by atoms with Crippen LogP contribution in [-0.4, -0.2) is 50.8 Å². The first-order valence-corrected chi connectivity index (χ1v) is 9.73. The molecule has 0 spiro atoms. The van der Waals surface area contributed by atoms with Gasteiger partial charge in [-0.2, -0.15) is 0 Å². The fourth-order valence-corrected chi connectivity index (χ4v) is 3.42. The molecule has 1 aliphatic heterocycles. The third-order valence-electron chi connectivity index (χ3n) is 5.10. The van der Waals surface area contributed by atoms with Gasteiger partial charge in [-0.3, -0.25) is 9.69 Å². The summed E-state index contributed by atoms with van der Waals surface area (Å²) in [5.41, 5.74) is 1.69. The topological polar surface area (TPSA) is 50.8 Å². The van der Waals surface area contributed by atoms with E-state index < -0.39 is 11.6 Å². The Kier molecular flexibility index (Phi) is 7.55. The SMILES string of the molecule is COc1ccc(C(CNC(=O)CCc2ccc(F)c(F)c2)N2CCOCC2)cc1. The van der Waals surface area contributed by atoms with Gasteiger partial charge in [0.25, 0.3) is 0 Å². The molecule has 1 amide bonds. The Labute approximate surface area is 169 Å². The molecule has 0 radical (unpaired) electrons. The Morgan fingerprint density at radius 1 is 1.14 bits per heavy atom. The molecule has 0 saturated carbocycles. The summed E-state index contributed by atoms with van der Waals surface area (Å²) in [6, 6.07) is 11.6. The van der Waals surface area contributed by atoms with Gasteiger partial charge < -0.3 is 14.8 Å². The van der Waals surface area contributed by atoms with E-state index in [4.69, 9.17) is 9.47 Å². The first-order chi connectivity index (χ1) is 14.1. The Bertz CT molecular complexity index is 808. The molecule has 1 saturated heterocycles. The van der Waals surface area contributed by atoms with Crippen molar-refractivity contribution in [1.82, 2.24) is 10.2 Å². The third-order valence-corrected chi connectivity index (χ3v) is 5.10. The van der Waals surface area contributed by atoms with Crippen LogP contribution in [0.5, 0.6) is 5.75 Å². The van der Waals surface area contributed by atoms with Crippen molar-refractivity contribution < 1.29 is 23.0 Å². The van der Waals surface area contributed by atoms with Gasteiger partial charge in [0.05, 0.1) is 26.4 Å². The van der Waals surface area contributed by atoms with Crippen LogP contribution in [0.15, 0.2) is 42.5 Å². The summed E-state index contributed by atoms with van der Waals surface area (Å²) in [4.78, 5) is 14.6. The first-order valence-electron chi connectivity index (χ1n) is 9.73. The summed E-state index contributed by atoms with van der Waals surface area (Å²) in [6.07, 6.45) is 0.567. The molecular formula is C22H26F2N2O3. The van der Waals surface area contributed by atoms with Gasteiger partial charge in [-0.1, -0.05) is 18.2 Å². The van der Waals surface area contributed by atoms with Crippen LogP contribution in [0.25, 0.3) is 0 Å². The summed E-state index contributed by atoms with van der Waals surface area (Å²) >= 11 is 0. The number of aryl methyl sites for hydroxylation is 1. The summed E-state index contributed by atoms with van der Waals surface area (Å²) in [5, 5.41) is 2.98. The molecule has 1 aliphatic rings. The lowest BCUT2D eigenvalue weighted by Gasteiger charge is -2.35. The number of carbonyl (C=O) groups excluding carboxylic acids is 1. The van der Waals surface area contributed by atoms with Gasteiger partial charge in [-0.15, -0.1) is 0 Å². The molecule has 0 bridgehead atoms. The van der Waals surface area contributed by atoms with E-state index in [1.54, 1.807) is 7.11 Å². The molecule has 7 heteroatoms. The van der Waals surface area contributed by atoms with Crippen molar-refractivity contribution >= 4 is 5.91 Å². The maximum atomic E-state index is 13.3. The zero-order valence-electron chi connectivity index (χ0n) is 16.5. The number of carbonyl (C=O) groups is 1. The van der Waals surface area contributed by atoms with E-state index >= 15 is 0 Å². The zero-order chi connectivity index (χ0) is 20.6. The molecule has 0 aromatic heterocycles. The highest BCUT2D eigenvalue weighted by Gasteiger charge is 2.23. The second-order valence-electron chi connectivity index (χ2n) is 6.99. The van der Waals surface area contributed by atoms with Crippen LogP contribution >= 0.6 is 0 Å². The van der Waals surface area contributed by atoms with Crippen LogP contribution in [0.1, 0.15) is 23.6 Å². The van der Waals surface area contributed by atoms with E-state index in [-0.39, 0.29) is 18.4 Å². The van der Waals surface area contributed by atoms with E-state index in [0.717, 1.165) is 36.5 Å². The molecule has 1 heterocycles. The molecule has 29 heavy (non-hydrogen) atoms. The Hall–Kier alpha value is -2.51. The molecule has 1 atom stereocenters. The van der Waals surface area contributed by atoms with Crippen molar-refractivity contribution in [3.63, 3.8) is 0 Å². The number of morpholine rings is 1. The minimum atomic E-state index is -0.894. The fourth-order valence-electron chi connectivity index (χ4n) is 3.42. The number of ether oxygens (including phenoxy) is 2. The lowest BCUT2D eigenvalue weighted by Crippen LogP contribution is -2.43. The summed E-state index contributed by atoms with van der Waals surface area (Å²) in [7, 11) is 1.63. The standard InChI is InChI=1S/C22H26F2N2O3/c1-28-18-6-4-17(5-7-18)21(26-10-12-29-13-11-26)15-25-22(27)9-3-16-2-8-19(23)20(24)14-16/h2,4-8,14,21H,3,9-13,15H2,1H3,(H,25,27). The molecule has 5 nitrogen and oxygen atoms in total. The molecule has 2 aromatic carbocycles. The normalized spacial score (nSPS) is 15.7. The van der Waals surface area contributed by atoms with Crippen molar-refractivity contribution in [2.75, 3.05) is 40.0 Å². The van der Waals surface area contributed by atoms with E-state index in [2.05, 4.69) is 10.2 Å².